The standard InChI is InChI=1S/C24H24N6O2/c1-17(31)27-20-4-2-3-18(15-20)22-16-26-23(24-25-9-10-30(22)24)28-19-5-7-21(8-6-19)29-11-13-32-14-12-29/h2-10,15-16H,11-14H2,1H3,(H,26,28)(H,27,31). The van der Waals surface area contributed by atoms with Gasteiger partial charge in [0.1, 0.15) is 0 Å². The molecule has 0 saturated carbocycles. The molecule has 4 aromatic rings. The van der Waals surface area contributed by atoms with Crippen LogP contribution in [0, 0.1) is 0 Å². The Morgan fingerprint density at radius 3 is 2.62 bits per heavy atom. The number of rotatable bonds is 5. The maximum atomic E-state index is 11.4. The molecule has 1 fully saturated rings. The van der Waals surface area contributed by atoms with Gasteiger partial charge in [0.2, 0.25) is 5.91 Å². The summed E-state index contributed by atoms with van der Waals surface area (Å²) in [6, 6.07) is 16.0. The van der Waals surface area contributed by atoms with Crippen molar-refractivity contribution >= 4 is 34.4 Å². The second-order valence-corrected chi connectivity index (χ2v) is 7.65. The highest BCUT2D eigenvalue weighted by Crippen LogP contribution is 2.28. The lowest BCUT2D eigenvalue weighted by molar-refractivity contribution is -0.114. The first-order chi connectivity index (χ1) is 15.7. The van der Waals surface area contributed by atoms with Gasteiger partial charge in [-0.05, 0) is 36.4 Å². The van der Waals surface area contributed by atoms with Gasteiger partial charge in [-0.25, -0.2) is 9.97 Å². The number of amides is 1. The van der Waals surface area contributed by atoms with Crippen LogP contribution in [0.2, 0.25) is 0 Å². The van der Waals surface area contributed by atoms with E-state index in [9.17, 15) is 4.79 Å². The zero-order valence-electron chi connectivity index (χ0n) is 17.8. The molecule has 8 nitrogen and oxygen atoms in total. The summed E-state index contributed by atoms with van der Waals surface area (Å²) in [6.45, 7) is 4.85. The molecule has 0 radical (unpaired) electrons. The molecule has 5 rings (SSSR count). The monoisotopic (exact) mass is 428 g/mol. The zero-order chi connectivity index (χ0) is 21.9. The Morgan fingerprint density at radius 2 is 1.84 bits per heavy atom. The minimum atomic E-state index is -0.104. The van der Waals surface area contributed by atoms with E-state index in [0.29, 0.717) is 5.82 Å². The number of carbonyl (C=O) groups is 1. The number of anilines is 4. The number of aromatic nitrogens is 3. The number of carbonyl (C=O) groups excluding carboxylic acids is 1. The van der Waals surface area contributed by atoms with Gasteiger partial charge >= 0.3 is 0 Å². The quantitative estimate of drug-likeness (QED) is 0.501. The predicted molar refractivity (Wildman–Crippen MR) is 125 cm³/mol. The SMILES string of the molecule is CC(=O)Nc1cccc(-c2cnc(Nc3ccc(N4CCOCC4)cc3)c3nccn23)c1. The number of nitrogens with zero attached hydrogens (tertiary/aromatic N) is 4. The highest BCUT2D eigenvalue weighted by molar-refractivity contribution is 5.89. The van der Waals surface area contributed by atoms with Gasteiger partial charge in [0.15, 0.2) is 11.5 Å². The number of morpholine rings is 1. The van der Waals surface area contributed by atoms with Gasteiger partial charge in [0, 0.05) is 55.0 Å². The van der Waals surface area contributed by atoms with Crippen LogP contribution in [0.15, 0.2) is 67.1 Å². The van der Waals surface area contributed by atoms with Crippen LogP contribution in [0.3, 0.4) is 0 Å². The fourth-order valence-corrected chi connectivity index (χ4v) is 3.89. The smallest absolute Gasteiger partial charge is 0.221 e. The van der Waals surface area contributed by atoms with Crippen LogP contribution in [0.1, 0.15) is 6.92 Å². The van der Waals surface area contributed by atoms with Crippen molar-refractivity contribution in [1.82, 2.24) is 14.4 Å². The first kappa shape index (κ1) is 20.0. The normalized spacial score (nSPS) is 13.8. The third-order valence-electron chi connectivity index (χ3n) is 5.41. The van der Waals surface area contributed by atoms with Gasteiger partial charge in [0.05, 0.1) is 25.1 Å². The molecule has 1 aliphatic heterocycles. The van der Waals surface area contributed by atoms with Gasteiger partial charge in [0.25, 0.3) is 0 Å². The highest BCUT2D eigenvalue weighted by Gasteiger charge is 2.13. The lowest BCUT2D eigenvalue weighted by atomic mass is 10.1. The van der Waals surface area contributed by atoms with E-state index in [1.54, 1.807) is 6.20 Å². The van der Waals surface area contributed by atoms with Crippen molar-refractivity contribution in [2.75, 3.05) is 41.8 Å². The molecule has 0 unspecified atom stereocenters. The maximum absolute atomic E-state index is 11.4. The Kier molecular flexibility index (Phi) is 5.43. The lowest BCUT2D eigenvalue weighted by Gasteiger charge is -2.28. The zero-order valence-corrected chi connectivity index (χ0v) is 17.8. The molecule has 2 aromatic heterocycles. The van der Waals surface area contributed by atoms with E-state index in [1.807, 2.05) is 41.1 Å². The molecule has 2 aromatic carbocycles. The van der Waals surface area contributed by atoms with Gasteiger partial charge in [-0.2, -0.15) is 0 Å². The van der Waals surface area contributed by atoms with Gasteiger partial charge in [-0.15, -0.1) is 0 Å². The summed E-state index contributed by atoms with van der Waals surface area (Å²) in [5.74, 6) is 0.572. The molecule has 0 spiro atoms. The summed E-state index contributed by atoms with van der Waals surface area (Å²) < 4.78 is 7.42. The van der Waals surface area contributed by atoms with Crippen molar-refractivity contribution in [2.45, 2.75) is 6.92 Å². The minimum Gasteiger partial charge on any atom is -0.378 e. The van der Waals surface area contributed by atoms with Gasteiger partial charge < -0.3 is 20.3 Å². The molecule has 0 aliphatic carbocycles. The van der Waals surface area contributed by atoms with E-state index < -0.39 is 0 Å². The Bertz CT molecular complexity index is 1250. The van der Waals surface area contributed by atoms with E-state index in [-0.39, 0.29) is 5.91 Å². The van der Waals surface area contributed by atoms with Crippen LogP contribution in [0.25, 0.3) is 16.9 Å². The molecule has 1 aliphatic rings. The fraction of sp³-hybridized carbons (Fsp3) is 0.208. The first-order valence-corrected chi connectivity index (χ1v) is 10.6. The molecule has 32 heavy (non-hydrogen) atoms. The number of hydrogen-bond donors (Lipinski definition) is 2. The van der Waals surface area contributed by atoms with Crippen LogP contribution in [-0.4, -0.2) is 46.6 Å². The molecule has 0 atom stereocenters. The molecular formula is C24H24N6O2. The summed E-state index contributed by atoms with van der Waals surface area (Å²) in [5.41, 5.74) is 5.42. The number of ether oxygens (including phenoxy) is 1. The van der Waals surface area contributed by atoms with Crippen molar-refractivity contribution < 1.29 is 9.53 Å². The molecular weight excluding hydrogens is 404 g/mol. The molecule has 3 heterocycles. The van der Waals surface area contributed by atoms with E-state index in [2.05, 4.69) is 49.8 Å². The Hall–Kier alpha value is -3.91. The second-order valence-electron chi connectivity index (χ2n) is 7.65. The van der Waals surface area contributed by atoms with Crippen LogP contribution in [0.4, 0.5) is 22.9 Å². The summed E-state index contributed by atoms with van der Waals surface area (Å²) in [6.07, 6.45) is 5.47. The number of imidazole rings is 1. The first-order valence-electron chi connectivity index (χ1n) is 10.6. The molecule has 162 valence electrons. The average Bonchev–Trinajstić information content (AvgIpc) is 3.31. The van der Waals surface area contributed by atoms with E-state index in [0.717, 1.165) is 54.6 Å². The summed E-state index contributed by atoms with van der Waals surface area (Å²) in [4.78, 5) is 22.9. The van der Waals surface area contributed by atoms with Crippen molar-refractivity contribution in [3.63, 3.8) is 0 Å². The molecule has 0 bridgehead atoms. The molecule has 8 heteroatoms. The summed E-state index contributed by atoms with van der Waals surface area (Å²) >= 11 is 0. The molecule has 1 saturated heterocycles. The fourth-order valence-electron chi connectivity index (χ4n) is 3.89. The Labute approximate surface area is 185 Å². The number of hydrogen-bond acceptors (Lipinski definition) is 6. The van der Waals surface area contributed by atoms with Gasteiger partial charge in [-0.1, -0.05) is 12.1 Å². The van der Waals surface area contributed by atoms with Gasteiger partial charge in [-0.3, -0.25) is 9.20 Å². The number of nitrogens with one attached hydrogen (secondary N) is 2. The average molecular weight is 428 g/mol. The van der Waals surface area contributed by atoms with E-state index in [4.69, 9.17) is 4.74 Å². The second kappa shape index (κ2) is 8.68. The van der Waals surface area contributed by atoms with Crippen molar-refractivity contribution in [3.8, 4) is 11.3 Å². The molecule has 2 N–H and O–H groups in total. The third-order valence-corrected chi connectivity index (χ3v) is 5.41. The topological polar surface area (TPSA) is 83.8 Å². The Morgan fingerprint density at radius 1 is 1.03 bits per heavy atom. The number of benzene rings is 2. The van der Waals surface area contributed by atoms with Crippen molar-refractivity contribution in [2.24, 2.45) is 0 Å². The van der Waals surface area contributed by atoms with E-state index >= 15 is 0 Å². The third kappa shape index (κ3) is 4.13. The number of fused-ring (bicyclic) bond motifs is 1. The Balaban J connectivity index is 1.41. The summed E-state index contributed by atoms with van der Waals surface area (Å²) in [7, 11) is 0. The van der Waals surface area contributed by atoms with Crippen LogP contribution >= 0.6 is 0 Å². The molecule has 1 amide bonds. The van der Waals surface area contributed by atoms with Crippen LogP contribution < -0.4 is 15.5 Å². The van der Waals surface area contributed by atoms with Crippen molar-refractivity contribution in [3.05, 3.63) is 67.1 Å². The van der Waals surface area contributed by atoms with Crippen LogP contribution in [0.5, 0.6) is 0 Å². The van der Waals surface area contributed by atoms with Crippen LogP contribution in [-0.2, 0) is 9.53 Å². The minimum absolute atomic E-state index is 0.104. The van der Waals surface area contributed by atoms with E-state index in [1.165, 1.54) is 12.6 Å². The highest BCUT2D eigenvalue weighted by atomic mass is 16.5. The maximum Gasteiger partial charge on any atom is 0.221 e. The summed E-state index contributed by atoms with van der Waals surface area (Å²) in [5, 5.41) is 6.21. The predicted octanol–water partition coefficient (Wildman–Crippen LogP) is 3.93. The lowest BCUT2D eigenvalue weighted by Crippen LogP contribution is -2.36. The largest absolute Gasteiger partial charge is 0.378 e. The van der Waals surface area contributed by atoms with Crippen molar-refractivity contribution in [1.29, 1.82) is 0 Å².